The molecule has 1 aliphatic rings. The van der Waals surface area contributed by atoms with Crippen LogP contribution in [0.3, 0.4) is 0 Å². The molecule has 2 unspecified atom stereocenters. The van der Waals surface area contributed by atoms with Gasteiger partial charge in [0.05, 0.1) is 0 Å². The summed E-state index contributed by atoms with van der Waals surface area (Å²) in [5, 5.41) is 3.47. The molecule has 0 saturated carbocycles. The summed E-state index contributed by atoms with van der Waals surface area (Å²) in [5.74, 6) is 0.808. The van der Waals surface area contributed by atoms with E-state index in [1.165, 1.54) is 13.1 Å². The van der Waals surface area contributed by atoms with Crippen molar-refractivity contribution in [3.63, 3.8) is 0 Å². The normalized spacial score (nSPS) is 39.5. The molecule has 1 nitrogen and oxygen atoms in total. The Balaban J connectivity index is 2.81. The Morgan fingerprint density at radius 3 is 2.09 bits per heavy atom. The summed E-state index contributed by atoms with van der Waals surface area (Å²) in [6, 6.07) is 0. The highest BCUT2D eigenvalue weighted by atomic mass is 14.9. The van der Waals surface area contributed by atoms with Gasteiger partial charge in [0.2, 0.25) is 0 Å². The molecule has 0 aromatic heterocycles. The van der Waals surface area contributed by atoms with E-state index in [0.717, 1.165) is 5.92 Å². The Labute approximate surface area is 70.6 Å². The van der Waals surface area contributed by atoms with Crippen molar-refractivity contribution in [3.05, 3.63) is 0 Å². The molecule has 0 aromatic rings. The standard InChI is InChI=1S/C10H21N/c1-8-6-11-7-10(8,5)9(2,3)4/h8,11H,6-7H2,1-5H3. The first-order valence-corrected chi connectivity index (χ1v) is 4.58. The smallest absolute Gasteiger partial charge is 0.00133 e. The van der Waals surface area contributed by atoms with Crippen molar-refractivity contribution in [2.75, 3.05) is 13.1 Å². The molecule has 0 bridgehead atoms. The number of hydrogen-bond donors (Lipinski definition) is 1. The van der Waals surface area contributed by atoms with Crippen LogP contribution in [0.25, 0.3) is 0 Å². The minimum Gasteiger partial charge on any atom is -0.316 e. The lowest BCUT2D eigenvalue weighted by atomic mass is 9.63. The van der Waals surface area contributed by atoms with E-state index in [2.05, 4.69) is 39.9 Å². The van der Waals surface area contributed by atoms with Gasteiger partial charge in [-0.3, -0.25) is 0 Å². The second-order valence-corrected chi connectivity index (χ2v) is 5.20. The monoisotopic (exact) mass is 155 g/mol. The van der Waals surface area contributed by atoms with E-state index in [0.29, 0.717) is 10.8 Å². The maximum absolute atomic E-state index is 3.47. The molecule has 0 amide bonds. The van der Waals surface area contributed by atoms with Gasteiger partial charge < -0.3 is 5.32 Å². The minimum absolute atomic E-state index is 0.427. The third-order valence-electron chi connectivity index (χ3n) is 3.74. The number of hydrogen-bond acceptors (Lipinski definition) is 1. The molecular formula is C10H21N. The molecule has 0 spiro atoms. The largest absolute Gasteiger partial charge is 0.316 e. The molecule has 1 rings (SSSR count). The van der Waals surface area contributed by atoms with Gasteiger partial charge in [0.15, 0.2) is 0 Å². The van der Waals surface area contributed by atoms with Crippen LogP contribution in [-0.2, 0) is 0 Å². The third kappa shape index (κ3) is 1.31. The molecule has 66 valence electrons. The van der Waals surface area contributed by atoms with Gasteiger partial charge in [0, 0.05) is 6.54 Å². The fourth-order valence-corrected chi connectivity index (χ4v) is 1.95. The zero-order valence-electron chi connectivity index (χ0n) is 8.49. The van der Waals surface area contributed by atoms with Crippen LogP contribution in [0.2, 0.25) is 0 Å². The van der Waals surface area contributed by atoms with Crippen LogP contribution in [0.1, 0.15) is 34.6 Å². The molecule has 1 fully saturated rings. The second-order valence-electron chi connectivity index (χ2n) is 5.20. The number of rotatable bonds is 0. The molecule has 1 heteroatoms. The minimum atomic E-state index is 0.427. The van der Waals surface area contributed by atoms with E-state index in [4.69, 9.17) is 0 Å². The van der Waals surface area contributed by atoms with E-state index in [-0.39, 0.29) is 0 Å². The maximum atomic E-state index is 3.47. The molecule has 1 aliphatic heterocycles. The molecule has 1 saturated heterocycles. The van der Waals surface area contributed by atoms with Crippen LogP contribution in [0.15, 0.2) is 0 Å². The third-order valence-corrected chi connectivity index (χ3v) is 3.74. The molecule has 1 heterocycles. The second kappa shape index (κ2) is 2.48. The van der Waals surface area contributed by atoms with Crippen molar-refractivity contribution in [2.45, 2.75) is 34.6 Å². The van der Waals surface area contributed by atoms with Gasteiger partial charge in [0.25, 0.3) is 0 Å². The number of nitrogens with one attached hydrogen (secondary N) is 1. The van der Waals surface area contributed by atoms with Crippen LogP contribution >= 0.6 is 0 Å². The summed E-state index contributed by atoms with van der Waals surface area (Å²) < 4.78 is 0. The molecule has 0 aliphatic carbocycles. The first kappa shape index (κ1) is 9.05. The van der Waals surface area contributed by atoms with Crippen LogP contribution in [0, 0.1) is 16.7 Å². The molecule has 1 N–H and O–H groups in total. The Kier molecular flexibility index (Phi) is 2.04. The zero-order valence-corrected chi connectivity index (χ0v) is 8.49. The molecular weight excluding hydrogens is 134 g/mol. The lowest BCUT2D eigenvalue weighted by molar-refractivity contribution is 0.0867. The quantitative estimate of drug-likeness (QED) is 0.566. The first-order valence-electron chi connectivity index (χ1n) is 4.58. The first-order chi connectivity index (χ1) is 4.88. The molecule has 2 atom stereocenters. The summed E-state index contributed by atoms with van der Waals surface area (Å²) >= 11 is 0. The zero-order chi connectivity index (χ0) is 8.70. The van der Waals surface area contributed by atoms with Crippen LogP contribution in [-0.4, -0.2) is 13.1 Å². The molecule has 0 radical (unpaired) electrons. The van der Waals surface area contributed by atoms with Crippen LogP contribution in [0.5, 0.6) is 0 Å². The summed E-state index contributed by atoms with van der Waals surface area (Å²) in [5.41, 5.74) is 0.906. The maximum Gasteiger partial charge on any atom is 0.00133 e. The topological polar surface area (TPSA) is 12.0 Å². The summed E-state index contributed by atoms with van der Waals surface area (Å²) in [6.07, 6.45) is 0. The van der Waals surface area contributed by atoms with Crippen molar-refractivity contribution in [1.29, 1.82) is 0 Å². The van der Waals surface area contributed by atoms with Crippen molar-refractivity contribution in [2.24, 2.45) is 16.7 Å². The van der Waals surface area contributed by atoms with Gasteiger partial charge in [-0.1, -0.05) is 34.6 Å². The van der Waals surface area contributed by atoms with Crippen molar-refractivity contribution in [3.8, 4) is 0 Å². The SMILES string of the molecule is CC1CNCC1(C)C(C)(C)C. The highest BCUT2D eigenvalue weighted by Gasteiger charge is 2.44. The fraction of sp³-hybridized carbons (Fsp3) is 1.00. The van der Waals surface area contributed by atoms with Gasteiger partial charge in [0.1, 0.15) is 0 Å². The predicted octanol–water partition coefficient (Wildman–Crippen LogP) is 2.28. The van der Waals surface area contributed by atoms with E-state index < -0.39 is 0 Å². The lowest BCUT2D eigenvalue weighted by Gasteiger charge is -2.41. The highest BCUT2D eigenvalue weighted by molar-refractivity contribution is 4.97. The Morgan fingerprint density at radius 1 is 1.36 bits per heavy atom. The highest BCUT2D eigenvalue weighted by Crippen LogP contribution is 2.46. The van der Waals surface area contributed by atoms with Gasteiger partial charge in [-0.2, -0.15) is 0 Å². The van der Waals surface area contributed by atoms with Gasteiger partial charge in [-0.25, -0.2) is 0 Å². The van der Waals surface area contributed by atoms with Gasteiger partial charge >= 0.3 is 0 Å². The summed E-state index contributed by atoms with van der Waals surface area (Å²) in [7, 11) is 0. The van der Waals surface area contributed by atoms with E-state index in [1.54, 1.807) is 0 Å². The van der Waals surface area contributed by atoms with Crippen molar-refractivity contribution >= 4 is 0 Å². The molecule has 11 heavy (non-hydrogen) atoms. The van der Waals surface area contributed by atoms with E-state index in [1.807, 2.05) is 0 Å². The Hall–Kier alpha value is -0.0400. The van der Waals surface area contributed by atoms with E-state index in [9.17, 15) is 0 Å². The predicted molar refractivity (Wildman–Crippen MR) is 49.6 cm³/mol. The van der Waals surface area contributed by atoms with Crippen molar-refractivity contribution in [1.82, 2.24) is 5.32 Å². The van der Waals surface area contributed by atoms with E-state index >= 15 is 0 Å². The van der Waals surface area contributed by atoms with Crippen LogP contribution in [0.4, 0.5) is 0 Å². The summed E-state index contributed by atoms with van der Waals surface area (Å²) in [4.78, 5) is 0. The van der Waals surface area contributed by atoms with Gasteiger partial charge in [-0.05, 0) is 23.3 Å². The van der Waals surface area contributed by atoms with Gasteiger partial charge in [-0.15, -0.1) is 0 Å². The van der Waals surface area contributed by atoms with Crippen LogP contribution < -0.4 is 5.32 Å². The van der Waals surface area contributed by atoms with Crippen molar-refractivity contribution < 1.29 is 0 Å². The summed E-state index contributed by atoms with van der Waals surface area (Å²) in [6.45, 7) is 14.2. The average Bonchev–Trinajstić information content (AvgIpc) is 2.12. The fourth-order valence-electron chi connectivity index (χ4n) is 1.95. The lowest BCUT2D eigenvalue weighted by Crippen LogP contribution is -2.38. The average molecular weight is 155 g/mol. The Morgan fingerprint density at radius 2 is 1.91 bits per heavy atom. The Bertz CT molecular complexity index is 145. The molecule has 0 aromatic carbocycles.